The van der Waals surface area contributed by atoms with Crippen LogP contribution in [0.5, 0.6) is 0 Å². The number of allylic oxidation sites excluding steroid dienone is 1. The third-order valence-corrected chi connectivity index (χ3v) is 3.09. The van der Waals surface area contributed by atoms with E-state index in [2.05, 4.69) is 15.9 Å². The number of carbonyl (C=O) groups excluding carboxylic acids is 1. The SMILES string of the molecule is CC/C(C=O)=C/c1ccc(Br)c(Cl)c1. The fourth-order valence-electron chi connectivity index (χ4n) is 1.04. The molecule has 0 saturated carbocycles. The predicted octanol–water partition coefficient (Wildman–Crippen LogP) is 4.09. The van der Waals surface area contributed by atoms with Gasteiger partial charge >= 0.3 is 0 Å². The minimum Gasteiger partial charge on any atom is -0.298 e. The van der Waals surface area contributed by atoms with Crippen molar-refractivity contribution < 1.29 is 4.79 Å². The Kier molecular flexibility index (Phi) is 4.36. The zero-order valence-corrected chi connectivity index (χ0v) is 10.1. The van der Waals surface area contributed by atoms with Crippen molar-refractivity contribution in [1.82, 2.24) is 0 Å². The Labute approximate surface area is 96.9 Å². The van der Waals surface area contributed by atoms with Crippen LogP contribution in [0.1, 0.15) is 18.9 Å². The van der Waals surface area contributed by atoms with Gasteiger partial charge in [-0.1, -0.05) is 24.6 Å². The Balaban J connectivity index is 3.03. The second kappa shape index (κ2) is 5.32. The average molecular weight is 274 g/mol. The predicted molar refractivity (Wildman–Crippen MR) is 63.5 cm³/mol. The lowest BCUT2D eigenvalue weighted by molar-refractivity contribution is -0.104. The monoisotopic (exact) mass is 272 g/mol. The van der Waals surface area contributed by atoms with E-state index in [1.807, 2.05) is 31.2 Å². The number of rotatable bonds is 3. The lowest BCUT2D eigenvalue weighted by Gasteiger charge is -1.99. The van der Waals surface area contributed by atoms with Gasteiger partial charge in [0.2, 0.25) is 0 Å². The molecule has 0 N–H and O–H groups in total. The Morgan fingerprint density at radius 1 is 1.57 bits per heavy atom. The van der Waals surface area contributed by atoms with Gasteiger partial charge < -0.3 is 0 Å². The zero-order valence-electron chi connectivity index (χ0n) is 7.76. The quantitative estimate of drug-likeness (QED) is 0.599. The fourth-order valence-corrected chi connectivity index (χ4v) is 1.47. The van der Waals surface area contributed by atoms with E-state index >= 15 is 0 Å². The van der Waals surface area contributed by atoms with Gasteiger partial charge in [-0.25, -0.2) is 0 Å². The number of hydrogen-bond donors (Lipinski definition) is 0. The van der Waals surface area contributed by atoms with Gasteiger partial charge in [0, 0.05) is 4.47 Å². The molecule has 0 aliphatic rings. The van der Waals surface area contributed by atoms with Gasteiger partial charge in [-0.15, -0.1) is 0 Å². The second-order valence-corrected chi connectivity index (χ2v) is 4.13. The highest BCUT2D eigenvalue weighted by Gasteiger charge is 1.98. The molecular weight excluding hydrogens is 263 g/mol. The van der Waals surface area contributed by atoms with Crippen LogP contribution in [0.4, 0.5) is 0 Å². The summed E-state index contributed by atoms with van der Waals surface area (Å²) >= 11 is 9.23. The van der Waals surface area contributed by atoms with Gasteiger partial charge in [0.1, 0.15) is 6.29 Å². The number of aldehydes is 1. The molecule has 1 aromatic rings. The summed E-state index contributed by atoms with van der Waals surface area (Å²) in [5.74, 6) is 0. The minimum atomic E-state index is 0.653. The smallest absolute Gasteiger partial charge is 0.146 e. The summed E-state index contributed by atoms with van der Waals surface area (Å²) in [5, 5.41) is 0.653. The zero-order chi connectivity index (χ0) is 10.6. The Bertz CT molecular complexity index is 372. The van der Waals surface area contributed by atoms with E-state index < -0.39 is 0 Å². The molecule has 0 radical (unpaired) electrons. The summed E-state index contributed by atoms with van der Waals surface area (Å²) in [6.45, 7) is 1.95. The van der Waals surface area contributed by atoms with Crippen LogP contribution in [-0.4, -0.2) is 6.29 Å². The molecule has 0 aliphatic heterocycles. The van der Waals surface area contributed by atoms with E-state index in [9.17, 15) is 4.79 Å². The van der Waals surface area contributed by atoms with Crippen molar-refractivity contribution in [2.45, 2.75) is 13.3 Å². The summed E-state index contributed by atoms with van der Waals surface area (Å²) < 4.78 is 0.862. The molecule has 0 aliphatic carbocycles. The first-order valence-electron chi connectivity index (χ1n) is 4.28. The van der Waals surface area contributed by atoms with Crippen LogP contribution in [0.15, 0.2) is 28.2 Å². The van der Waals surface area contributed by atoms with Crippen LogP contribution in [-0.2, 0) is 4.79 Å². The van der Waals surface area contributed by atoms with E-state index in [0.717, 1.165) is 28.3 Å². The molecule has 74 valence electrons. The third-order valence-electron chi connectivity index (χ3n) is 1.86. The number of carbonyl (C=O) groups is 1. The Morgan fingerprint density at radius 2 is 2.29 bits per heavy atom. The van der Waals surface area contributed by atoms with Crippen LogP contribution in [0.3, 0.4) is 0 Å². The molecule has 0 unspecified atom stereocenters. The summed E-state index contributed by atoms with van der Waals surface area (Å²) in [7, 11) is 0. The Hall–Kier alpha value is -0.600. The first kappa shape index (κ1) is 11.5. The molecule has 0 fully saturated rings. The van der Waals surface area contributed by atoms with Crippen molar-refractivity contribution in [2.24, 2.45) is 0 Å². The Morgan fingerprint density at radius 3 is 2.79 bits per heavy atom. The lowest BCUT2D eigenvalue weighted by atomic mass is 10.1. The lowest BCUT2D eigenvalue weighted by Crippen LogP contribution is -1.82. The van der Waals surface area contributed by atoms with Crippen LogP contribution >= 0.6 is 27.5 Å². The average Bonchev–Trinajstić information content (AvgIpc) is 2.19. The molecule has 1 rings (SSSR count). The van der Waals surface area contributed by atoms with Crippen molar-refractivity contribution in [3.8, 4) is 0 Å². The van der Waals surface area contributed by atoms with Gasteiger partial charge in [-0.3, -0.25) is 4.79 Å². The highest BCUT2D eigenvalue weighted by atomic mass is 79.9. The van der Waals surface area contributed by atoms with E-state index in [0.29, 0.717) is 5.02 Å². The minimum absolute atomic E-state index is 0.653. The molecule has 3 heteroatoms. The topological polar surface area (TPSA) is 17.1 Å². The summed E-state index contributed by atoms with van der Waals surface area (Å²) in [6, 6.07) is 5.60. The first-order valence-corrected chi connectivity index (χ1v) is 5.45. The molecule has 0 bridgehead atoms. The normalized spacial score (nSPS) is 11.5. The van der Waals surface area contributed by atoms with E-state index in [1.165, 1.54) is 0 Å². The van der Waals surface area contributed by atoms with Crippen LogP contribution < -0.4 is 0 Å². The van der Waals surface area contributed by atoms with Crippen molar-refractivity contribution in [2.75, 3.05) is 0 Å². The van der Waals surface area contributed by atoms with Crippen molar-refractivity contribution >= 4 is 39.9 Å². The largest absolute Gasteiger partial charge is 0.298 e. The van der Waals surface area contributed by atoms with Crippen molar-refractivity contribution in [3.63, 3.8) is 0 Å². The summed E-state index contributed by atoms with van der Waals surface area (Å²) in [4.78, 5) is 10.6. The first-order chi connectivity index (χ1) is 6.67. The van der Waals surface area contributed by atoms with Crippen molar-refractivity contribution in [1.29, 1.82) is 0 Å². The summed E-state index contributed by atoms with van der Waals surface area (Å²) in [6.07, 6.45) is 3.44. The second-order valence-electron chi connectivity index (χ2n) is 2.86. The van der Waals surface area contributed by atoms with Crippen LogP contribution in [0.2, 0.25) is 5.02 Å². The van der Waals surface area contributed by atoms with Gasteiger partial charge in [-0.05, 0) is 51.7 Å². The highest BCUT2D eigenvalue weighted by Crippen LogP contribution is 2.24. The van der Waals surface area contributed by atoms with Crippen LogP contribution in [0, 0.1) is 0 Å². The molecule has 14 heavy (non-hydrogen) atoms. The highest BCUT2D eigenvalue weighted by molar-refractivity contribution is 9.10. The van der Waals surface area contributed by atoms with Gasteiger partial charge in [-0.2, -0.15) is 0 Å². The summed E-state index contributed by atoms with van der Waals surface area (Å²) in [5.41, 5.74) is 1.71. The van der Waals surface area contributed by atoms with Crippen molar-refractivity contribution in [3.05, 3.63) is 38.8 Å². The molecule has 0 amide bonds. The molecule has 0 spiro atoms. The maximum atomic E-state index is 10.6. The molecule has 0 saturated heterocycles. The molecule has 0 aromatic heterocycles. The van der Waals surface area contributed by atoms with E-state index in [-0.39, 0.29) is 0 Å². The molecular formula is C11H10BrClO. The van der Waals surface area contributed by atoms with Crippen LogP contribution in [0.25, 0.3) is 6.08 Å². The third kappa shape index (κ3) is 2.96. The molecule has 1 nitrogen and oxygen atoms in total. The van der Waals surface area contributed by atoms with Gasteiger partial charge in [0.05, 0.1) is 5.02 Å². The molecule has 1 aromatic carbocycles. The van der Waals surface area contributed by atoms with Gasteiger partial charge in [0.25, 0.3) is 0 Å². The number of halogens is 2. The maximum Gasteiger partial charge on any atom is 0.146 e. The molecule has 0 atom stereocenters. The molecule has 0 heterocycles. The van der Waals surface area contributed by atoms with E-state index in [1.54, 1.807) is 0 Å². The van der Waals surface area contributed by atoms with Gasteiger partial charge in [0.15, 0.2) is 0 Å². The maximum absolute atomic E-state index is 10.6. The standard InChI is InChI=1S/C11H10BrClO/c1-2-8(7-14)5-9-3-4-10(12)11(13)6-9/h3-7H,2H2,1H3/b8-5-. The number of benzene rings is 1. The fraction of sp³-hybridized carbons (Fsp3) is 0.182. The van der Waals surface area contributed by atoms with E-state index in [4.69, 9.17) is 11.6 Å². The number of hydrogen-bond acceptors (Lipinski definition) is 1.